The molecule has 4 aromatic rings. The summed E-state index contributed by atoms with van der Waals surface area (Å²) >= 11 is 10.2. The van der Waals surface area contributed by atoms with Crippen molar-refractivity contribution in [2.75, 3.05) is 37.8 Å². The number of benzene rings is 1. The summed E-state index contributed by atoms with van der Waals surface area (Å²) in [5.74, 6) is 0.246. The first-order valence-electron chi connectivity index (χ1n) is 13.3. The number of nitrogens with zero attached hydrogens (tertiary/aromatic N) is 4. The molecule has 3 aromatic heterocycles. The van der Waals surface area contributed by atoms with Gasteiger partial charge in [0.05, 0.1) is 40.8 Å². The Hall–Kier alpha value is -3.67. The molecule has 1 aliphatic rings. The fraction of sp³-hybridized carbons (Fsp3) is 0.310. The lowest BCUT2D eigenvalue weighted by atomic mass is 10.1. The highest BCUT2D eigenvalue weighted by molar-refractivity contribution is 9.10. The highest BCUT2D eigenvalue weighted by Gasteiger charge is 2.29. The zero-order valence-electron chi connectivity index (χ0n) is 22.4. The maximum Gasteiger partial charge on any atom is 0.343 e. The van der Waals surface area contributed by atoms with Gasteiger partial charge in [-0.25, -0.2) is 14.8 Å². The quantitative estimate of drug-likeness (QED) is 0.193. The molecule has 1 atom stereocenters. The van der Waals surface area contributed by atoms with Crippen LogP contribution in [0.3, 0.4) is 0 Å². The van der Waals surface area contributed by atoms with Gasteiger partial charge in [0.25, 0.3) is 5.88 Å². The van der Waals surface area contributed by atoms with Crippen molar-refractivity contribution in [3.63, 3.8) is 0 Å². The van der Waals surface area contributed by atoms with Gasteiger partial charge in [0, 0.05) is 30.9 Å². The summed E-state index contributed by atoms with van der Waals surface area (Å²) < 4.78 is 19.4. The Balaban J connectivity index is 1.53. The molecule has 12 heteroatoms. The first kappa shape index (κ1) is 28.8. The van der Waals surface area contributed by atoms with Crippen LogP contribution < -0.4 is 25.5 Å². The summed E-state index contributed by atoms with van der Waals surface area (Å²) in [6, 6.07) is 10.7. The molecule has 41 heavy (non-hydrogen) atoms. The minimum atomic E-state index is -0.695. The number of pyridine rings is 3. The van der Waals surface area contributed by atoms with Crippen LogP contribution in [0.2, 0.25) is 5.02 Å². The van der Waals surface area contributed by atoms with Crippen molar-refractivity contribution in [1.29, 1.82) is 0 Å². The van der Waals surface area contributed by atoms with Crippen LogP contribution in [0, 0.1) is 0 Å². The third-order valence-corrected chi connectivity index (χ3v) is 7.54. The van der Waals surface area contributed by atoms with Crippen LogP contribution in [0.1, 0.15) is 30.1 Å². The third-order valence-electron chi connectivity index (χ3n) is 6.77. The average Bonchev–Trinajstić information content (AvgIpc) is 3.44. The van der Waals surface area contributed by atoms with E-state index in [1.165, 1.54) is 6.20 Å². The van der Waals surface area contributed by atoms with Gasteiger partial charge in [0.1, 0.15) is 23.4 Å². The number of carbonyl (C=O) groups excluding carboxylic acids is 1. The van der Waals surface area contributed by atoms with Crippen LogP contribution in [0.5, 0.6) is 11.6 Å². The molecule has 1 aliphatic heterocycles. The molecule has 5 rings (SSSR count). The molecule has 0 spiro atoms. The average molecular weight is 643 g/mol. The molecule has 1 aromatic carbocycles. The van der Waals surface area contributed by atoms with Crippen molar-refractivity contribution in [1.82, 2.24) is 14.5 Å². The van der Waals surface area contributed by atoms with E-state index in [4.69, 9.17) is 31.5 Å². The van der Waals surface area contributed by atoms with Crippen molar-refractivity contribution in [2.45, 2.75) is 25.8 Å². The predicted octanol–water partition coefficient (Wildman–Crippen LogP) is 4.76. The topological polar surface area (TPSA) is 122 Å². The van der Waals surface area contributed by atoms with Crippen LogP contribution in [-0.4, -0.2) is 59.5 Å². The highest BCUT2D eigenvalue weighted by Crippen LogP contribution is 2.36. The number of carbonyl (C=O) groups is 1. The van der Waals surface area contributed by atoms with Crippen LogP contribution in [0.15, 0.2) is 64.4 Å². The number of rotatable bonds is 10. The van der Waals surface area contributed by atoms with E-state index in [2.05, 4.69) is 30.8 Å². The maximum absolute atomic E-state index is 13.4. The van der Waals surface area contributed by atoms with E-state index in [1.54, 1.807) is 48.1 Å². The molecule has 214 valence electrons. The van der Waals surface area contributed by atoms with E-state index in [0.29, 0.717) is 57.6 Å². The minimum absolute atomic E-state index is 0.00244. The summed E-state index contributed by atoms with van der Waals surface area (Å²) in [5, 5.41) is 0.696. The van der Waals surface area contributed by atoms with Gasteiger partial charge in [-0.1, -0.05) is 11.6 Å². The minimum Gasteiger partial charge on any atom is -0.487 e. The Bertz CT molecular complexity index is 1610. The highest BCUT2D eigenvalue weighted by atomic mass is 79.9. The molecule has 0 saturated carbocycles. The molecule has 1 fully saturated rings. The van der Waals surface area contributed by atoms with Crippen molar-refractivity contribution in [3.8, 4) is 17.3 Å². The Morgan fingerprint density at radius 3 is 2.83 bits per heavy atom. The number of ether oxygens (including phenoxy) is 3. The zero-order chi connectivity index (χ0) is 28.9. The molecule has 0 amide bonds. The Morgan fingerprint density at radius 2 is 2.07 bits per heavy atom. The van der Waals surface area contributed by atoms with Gasteiger partial charge in [-0.15, -0.1) is 0 Å². The second-order valence-corrected chi connectivity index (χ2v) is 10.6. The third kappa shape index (κ3) is 6.17. The van der Waals surface area contributed by atoms with Crippen molar-refractivity contribution >= 4 is 50.1 Å². The largest absolute Gasteiger partial charge is 0.487 e. The summed E-state index contributed by atoms with van der Waals surface area (Å²) in [7, 11) is 0. The van der Waals surface area contributed by atoms with Gasteiger partial charge in [0.2, 0.25) is 5.43 Å². The molecular formula is C29H29BrClN5O5. The molecule has 1 saturated heterocycles. The number of nitrogens with two attached hydrogens (primary N) is 1. The number of hydrogen-bond acceptors (Lipinski definition) is 9. The molecular weight excluding hydrogens is 614 g/mol. The number of hydrogen-bond donors (Lipinski definition) is 1. The molecule has 0 bridgehead atoms. The Kier molecular flexibility index (Phi) is 9.06. The number of esters is 1. The van der Waals surface area contributed by atoms with Crippen LogP contribution in [-0.2, 0) is 4.74 Å². The SMILES string of the molecule is CCOC(=O)c1cn(-c2ccc(Br)nc2)c2cc(N3CCCC3COc3ncccc3OCCN)c(Cl)cc2c1=O. The van der Waals surface area contributed by atoms with Gasteiger partial charge >= 0.3 is 5.97 Å². The number of anilines is 1. The first-order valence-corrected chi connectivity index (χ1v) is 14.4. The van der Waals surface area contributed by atoms with Gasteiger partial charge in [-0.05, 0) is 72.1 Å². The first-order chi connectivity index (χ1) is 19.9. The summed E-state index contributed by atoms with van der Waals surface area (Å²) in [5.41, 5.74) is 7.06. The second-order valence-electron chi connectivity index (χ2n) is 9.37. The fourth-order valence-electron chi connectivity index (χ4n) is 4.90. The van der Waals surface area contributed by atoms with E-state index in [0.717, 1.165) is 25.1 Å². The number of fused-ring (bicyclic) bond motifs is 1. The number of halogens is 2. The van der Waals surface area contributed by atoms with E-state index in [9.17, 15) is 9.59 Å². The summed E-state index contributed by atoms with van der Waals surface area (Å²) in [6.07, 6.45) is 6.62. The van der Waals surface area contributed by atoms with Crippen LogP contribution >= 0.6 is 27.5 Å². The normalized spacial score (nSPS) is 14.8. The molecule has 0 aliphatic carbocycles. The van der Waals surface area contributed by atoms with E-state index in [-0.39, 0.29) is 18.2 Å². The molecule has 10 nitrogen and oxygen atoms in total. The molecule has 2 N–H and O–H groups in total. The van der Waals surface area contributed by atoms with Gasteiger partial charge < -0.3 is 29.4 Å². The van der Waals surface area contributed by atoms with Crippen LogP contribution in [0.25, 0.3) is 16.6 Å². The lowest BCUT2D eigenvalue weighted by Crippen LogP contribution is -2.34. The number of aromatic nitrogens is 3. The monoisotopic (exact) mass is 641 g/mol. The van der Waals surface area contributed by atoms with Gasteiger partial charge in [-0.3, -0.25) is 4.79 Å². The van der Waals surface area contributed by atoms with Crippen molar-refractivity contribution in [3.05, 3.63) is 80.4 Å². The molecule has 0 radical (unpaired) electrons. The maximum atomic E-state index is 13.4. The lowest BCUT2D eigenvalue weighted by molar-refractivity contribution is 0.0524. The van der Waals surface area contributed by atoms with Crippen molar-refractivity contribution < 1.29 is 19.0 Å². The molecule has 4 heterocycles. The predicted molar refractivity (Wildman–Crippen MR) is 161 cm³/mol. The van der Waals surface area contributed by atoms with E-state index in [1.807, 2.05) is 12.1 Å². The molecule has 1 unspecified atom stereocenters. The fourth-order valence-corrected chi connectivity index (χ4v) is 5.40. The Morgan fingerprint density at radius 1 is 1.22 bits per heavy atom. The van der Waals surface area contributed by atoms with Gasteiger partial charge in [0.15, 0.2) is 5.75 Å². The van der Waals surface area contributed by atoms with Crippen LogP contribution in [0.4, 0.5) is 5.69 Å². The van der Waals surface area contributed by atoms with E-state index < -0.39 is 11.4 Å². The van der Waals surface area contributed by atoms with Gasteiger partial charge in [-0.2, -0.15) is 0 Å². The Labute approximate surface area is 250 Å². The zero-order valence-corrected chi connectivity index (χ0v) is 24.7. The summed E-state index contributed by atoms with van der Waals surface area (Å²) in [6.45, 7) is 3.69. The van der Waals surface area contributed by atoms with E-state index >= 15 is 0 Å². The standard InChI is InChI=1S/C29H29BrClN5O5/c1-2-39-29(38)21-16-36(18-7-8-26(30)34-15-18)23-14-24(22(31)13-20(23)27(21)37)35-11-4-5-19(35)17-41-28-25(40-12-9-32)6-3-10-33-28/h3,6-8,10,13-16,19H,2,4-5,9,11-12,17,32H2,1H3. The smallest absolute Gasteiger partial charge is 0.343 e. The van der Waals surface area contributed by atoms with Crippen molar-refractivity contribution in [2.24, 2.45) is 5.73 Å². The lowest BCUT2D eigenvalue weighted by Gasteiger charge is -2.28. The second kappa shape index (κ2) is 12.9. The summed E-state index contributed by atoms with van der Waals surface area (Å²) in [4.78, 5) is 37.0.